The maximum atomic E-state index is 10.9. The van der Waals surface area contributed by atoms with Crippen molar-refractivity contribution < 1.29 is 19.4 Å². The van der Waals surface area contributed by atoms with Gasteiger partial charge in [-0.05, 0) is 6.92 Å². The quantitative estimate of drug-likeness (QED) is 0.559. The van der Waals surface area contributed by atoms with Crippen molar-refractivity contribution in [2.24, 2.45) is 0 Å². The maximum Gasteiger partial charge on any atom is 0.314 e. The molecule has 0 spiro atoms. The van der Waals surface area contributed by atoms with Crippen LogP contribution in [0, 0.1) is 0 Å². The number of hydrogen-bond donors (Lipinski definition) is 3. The summed E-state index contributed by atoms with van der Waals surface area (Å²) in [7, 11) is 1.41. The summed E-state index contributed by atoms with van der Waals surface area (Å²) in [6, 6.07) is -0.320. The number of methoxy groups -OCH3 is 1. The number of aliphatic carboxylic acids is 1. The second kappa shape index (κ2) is 7.14. The highest BCUT2D eigenvalue weighted by Crippen LogP contribution is 1.94. The van der Waals surface area contributed by atoms with Gasteiger partial charge in [0.25, 0.3) is 0 Å². The number of carbonyl (C=O) groups excluding carboxylic acids is 1. The maximum absolute atomic E-state index is 10.9. The third-order valence-electron chi connectivity index (χ3n) is 1.56. The highest BCUT2D eigenvalue weighted by atomic mass is 16.5. The fraction of sp³-hybridized carbons (Fsp3) is 0.750. The van der Waals surface area contributed by atoms with Crippen LogP contribution in [0.1, 0.15) is 13.3 Å². The molecule has 0 aromatic rings. The molecule has 0 aromatic carbocycles. The van der Waals surface area contributed by atoms with E-state index in [0.29, 0.717) is 6.54 Å². The molecule has 1 unspecified atom stereocenters. The Balaban J connectivity index is 3.71. The van der Waals surface area contributed by atoms with E-state index >= 15 is 0 Å². The molecule has 3 N–H and O–H groups in total. The largest absolute Gasteiger partial charge is 0.481 e. The van der Waals surface area contributed by atoms with Gasteiger partial charge in [0, 0.05) is 20.2 Å². The van der Waals surface area contributed by atoms with Crippen LogP contribution in [0.5, 0.6) is 0 Å². The van der Waals surface area contributed by atoms with Gasteiger partial charge in [0.15, 0.2) is 0 Å². The van der Waals surface area contributed by atoms with Gasteiger partial charge in [-0.25, -0.2) is 4.79 Å². The summed E-state index contributed by atoms with van der Waals surface area (Å²) in [5, 5.41) is 13.5. The van der Waals surface area contributed by atoms with Crippen LogP contribution in [0.2, 0.25) is 0 Å². The highest BCUT2D eigenvalue weighted by Gasteiger charge is 2.12. The van der Waals surface area contributed by atoms with Gasteiger partial charge in [-0.15, -0.1) is 0 Å². The molecule has 0 saturated heterocycles. The number of nitrogens with one attached hydrogen (secondary N) is 2. The van der Waals surface area contributed by atoms with Gasteiger partial charge in [0.1, 0.15) is 0 Å². The van der Waals surface area contributed by atoms with Gasteiger partial charge in [-0.2, -0.15) is 0 Å². The lowest BCUT2D eigenvalue weighted by Gasteiger charge is -2.13. The predicted octanol–water partition coefficient (Wildman–Crippen LogP) is -0.205. The number of carboxylic acid groups (broad SMARTS) is 1. The van der Waals surface area contributed by atoms with Crippen LogP contribution in [-0.4, -0.2) is 43.4 Å². The summed E-state index contributed by atoms with van der Waals surface area (Å²) in [5.41, 5.74) is 0. The molecule has 0 heterocycles. The van der Waals surface area contributed by atoms with E-state index < -0.39 is 12.1 Å². The Morgan fingerprint density at radius 1 is 1.43 bits per heavy atom. The minimum absolute atomic E-state index is 0.122. The summed E-state index contributed by atoms with van der Waals surface area (Å²) in [4.78, 5) is 21.3. The summed E-state index contributed by atoms with van der Waals surface area (Å²) < 4.78 is 4.87. The van der Waals surface area contributed by atoms with Crippen molar-refractivity contribution in [1.29, 1.82) is 0 Å². The Labute approximate surface area is 82.6 Å². The van der Waals surface area contributed by atoms with E-state index in [9.17, 15) is 9.59 Å². The molecule has 0 aromatic heterocycles. The van der Waals surface area contributed by atoms with Gasteiger partial charge in [0.2, 0.25) is 0 Å². The van der Waals surface area contributed by atoms with Crippen LogP contribution >= 0.6 is 0 Å². The lowest BCUT2D eigenvalue weighted by Crippen LogP contribution is -2.40. The molecular weight excluding hydrogens is 188 g/mol. The molecule has 6 heteroatoms. The average molecular weight is 204 g/mol. The fourth-order valence-electron chi connectivity index (χ4n) is 0.863. The predicted molar refractivity (Wildman–Crippen MR) is 50.1 cm³/mol. The molecule has 6 nitrogen and oxygen atoms in total. The Hall–Kier alpha value is -1.30. The third kappa shape index (κ3) is 6.24. The number of carbonyl (C=O) groups is 2. The summed E-state index contributed by atoms with van der Waals surface area (Å²) >= 11 is 0. The lowest BCUT2D eigenvalue weighted by atomic mass is 10.2. The first-order chi connectivity index (χ1) is 6.60. The van der Waals surface area contributed by atoms with Crippen molar-refractivity contribution in [3.05, 3.63) is 0 Å². The van der Waals surface area contributed by atoms with E-state index in [1.165, 1.54) is 7.11 Å². The highest BCUT2D eigenvalue weighted by molar-refractivity contribution is 5.74. The van der Waals surface area contributed by atoms with Gasteiger partial charge >= 0.3 is 12.0 Å². The van der Waals surface area contributed by atoms with Crippen molar-refractivity contribution in [3.8, 4) is 0 Å². The minimum Gasteiger partial charge on any atom is -0.481 e. The van der Waals surface area contributed by atoms with E-state index in [2.05, 4.69) is 10.6 Å². The molecule has 0 aliphatic carbocycles. The minimum atomic E-state index is -0.949. The lowest BCUT2D eigenvalue weighted by molar-refractivity contribution is -0.139. The standard InChI is InChI=1S/C8H16N2O4/c1-3-9-8(13)10-5-6(14-2)4-7(11)12/h6H,3-5H2,1-2H3,(H,11,12)(H2,9,10,13). The first kappa shape index (κ1) is 12.7. The number of urea groups is 1. The van der Waals surface area contributed by atoms with Crippen LogP contribution in [0.4, 0.5) is 4.79 Å². The molecule has 0 aliphatic rings. The van der Waals surface area contributed by atoms with Crippen molar-refractivity contribution in [2.75, 3.05) is 20.2 Å². The molecule has 14 heavy (non-hydrogen) atoms. The Morgan fingerprint density at radius 2 is 2.07 bits per heavy atom. The van der Waals surface area contributed by atoms with Gasteiger partial charge in [-0.3, -0.25) is 4.79 Å². The number of amides is 2. The normalized spacial score (nSPS) is 11.9. The zero-order chi connectivity index (χ0) is 11.0. The van der Waals surface area contributed by atoms with Crippen molar-refractivity contribution in [3.63, 3.8) is 0 Å². The molecule has 0 aliphatic heterocycles. The molecule has 0 saturated carbocycles. The van der Waals surface area contributed by atoms with Crippen molar-refractivity contribution >= 4 is 12.0 Å². The van der Waals surface area contributed by atoms with Crippen molar-refractivity contribution in [2.45, 2.75) is 19.4 Å². The molecule has 1 atom stereocenters. The molecule has 2 amide bonds. The van der Waals surface area contributed by atoms with Crippen LogP contribution in [0.15, 0.2) is 0 Å². The number of carboxylic acids is 1. The first-order valence-electron chi connectivity index (χ1n) is 4.36. The SMILES string of the molecule is CCNC(=O)NCC(CC(=O)O)OC. The molecule has 82 valence electrons. The summed E-state index contributed by atoms with van der Waals surface area (Å²) in [5.74, 6) is -0.949. The molecule has 0 radical (unpaired) electrons. The molecule has 0 fully saturated rings. The van der Waals surface area contributed by atoms with Gasteiger partial charge < -0.3 is 20.5 Å². The van der Waals surface area contributed by atoms with E-state index in [1.807, 2.05) is 0 Å². The molecule has 0 rings (SSSR count). The van der Waals surface area contributed by atoms with Gasteiger partial charge in [0.05, 0.1) is 12.5 Å². The van der Waals surface area contributed by atoms with E-state index in [1.54, 1.807) is 6.92 Å². The summed E-state index contributed by atoms with van der Waals surface area (Å²) in [6.07, 6.45) is -0.613. The number of hydrogen-bond acceptors (Lipinski definition) is 3. The topological polar surface area (TPSA) is 87.7 Å². The third-order valence-corrected chi connectivity index (χ3v) is 1.56. The van der Waals surface area contributed by atoms with E-state index in [-0.39, 0.29) is 19.0 Å². The number of rotatable bonds is 6. The molecular formula is C8H16N2O4. The van der Waals surface area contributed by atoms with Gasteiger partial charge in [-0.1, -0.05) is 0 Å². The Bertz CT molecular complexity index is 196. The zero-order valence-corrected chi connectivity index (χ0v) is 8.37. The second-order valence-electron chi connectivity index (χ2n) is 2.70. The fourth-order valence-corrected chi connectivity index (χ4v) is 0.863. The van der Waals surface area contributed by atoms with E-state index in [0.717, 1.165) is 0 Å². The second-order valence-corrected chi connectivity index (χ2v) is 2.70. The average Bonchev–Trinajstić information content (AvgIpc) is 2.12. The smallest absolute Gasteiger partial charge is 0.314 e. The number of ether oxygens (including phenoxy) is 1. The van der Waals surface area contributed by atoms with Crippen LogP contribution in [0.25, 0.3) is 0 Å². The monoisotopic (exact) mass is 204 g/mol. The van der Waals surface area contributed by atoms with E-state index in [4.69, 9.17) is 9.84 Å². The van der Waals surface area contributed by atoms with Crippen LogP contribution < -0.4 is 10.6 Å². The van der Waals surface area contributed by atoms with Crippen LogP contribution in [0.3, 0.4) is 0 Å². The van der Waals surface area contributed by atoms with Crippen molar-refractivity contribution in [1.82, 2.24) is 10.6 Å². The first-order valence-corrected chi connectivity index (χ1v) is 4.36. The van der Waals surface area contributed by atoms with Crippen LogP contribution in [-0.2, 0) is 9.53 Å². The zero-order valence-electron chi connectivity index (χ0n) is 8.37. The Morgan fingerprint density at radius 3 is 2.50 bits per heavy atom. The molecule has 0 bridgehead atoms. The summed E-state index contributed by atoms with van der Waals surface area (Å²) in [6.45, 7) is 2.52. The Kier molecular flexibility index (Phi) is 6.47.